The first-order valence-electron chi connectivity index (χ1n) is 9.31. The van der Waals surface area contributed by atoms with Crippen LogP contribution in [0.5, 0.6) is 5.75 Å². The molecule has 0 spiro atoms. The maximum absolute atomic E-state index is 12.3. The average molecular weight is 428 g/mol. The lowest BCUT2D eigenvalue weighted by Gasteiger charge is -2.38. The number of benzene rings is 2. The van der Waals surface area contributed by atoms with Crippen molar-refractivity contribution in [3.8, 4) is 5.75 Å². The minimum Gasteiger partial charge on any atom is -0.508 e. The highest BCUT2D eigenvalue weighted by molar-refractivity contribution is 9.10. The summed E-state index contributed by atoms with van der Waals surface area (Å²) < 4.78 is 6.23. The molecule has 1 aliphatic heterocycles. The normalized spacial score (nSPS) is 22.7. The van der Waals surface area contributed by atoms with Gasteiger partial charge in [0.05, 0.1) is 18.2 Å². The number of nitrogens with one attached hydrogen (secondary N) is 1. The van der Waals surface area contributed by atoms with Gasteiger partial charge in [0.15, 0.2) is 0 Å². The zero-order valence-electron chi connectivity index (χ0n) is 15.1. The first-order chi connectivity index (χ1) is 13.1. The Kier molecular flexibility index (Phi) is 4.96. The number of allylic oxidation sites excluding steroid dienone is 2. The lowest BCUT2D eigenvalue weighted by atomic mass is 9.76. The van der Waals surface area contributed by atoms with Crippen LogP contribution in [0.3, 0.4) is 0 Å². The lowest BCUT2D eigenvalue weighted by molar-refractivity contribution is 0.0505. The van der Waals surface area contributed by atoms with Crippen LogP contribution in [0, 0.1) is 5.92 Å². The minimum atomic E-state index is -0.273. The number of hydrogen-bond donors (Lipinski definition) is 2. The maximum Gasteiger partial charge on any atom is 0.338 e. The maximum atomic E-state index is 12.3. The molecule has 3 unspecified atom stereocenters. The highest BCUT2D eigenvalue weighted by atomic mass is 79.9. The molecule has 4 nitrogen and oxygen atoms in total. The van der Waals surface area contributed by atoms with Crippen molar-refractivity contribution in [3.05, 3.63) is 69.7 Å². The molecule has 5 heteroatoms. The van der Waals surface area contributed by atoms with Crippen molar-refractivity contribution in [2.75, 3.05) is 11.9 Å². The molecule has 27 heavy (non-hydrogen) atoms. The second kappa shape index (κ2) is 7.39. The second-order valence-corrected chi connectivity index (χ2v) is 8.03. The average Bonchev–Trinajstić information content (AvgIpc) is 3.17. The van der Waals surface area contributed by atoms with Crippen LogP contribution in [0.4, 0.5) is 5.69 Å². The number of aromatic hydroxyl groups is 1. The Morgan fingerprint density at radius 2 is 2.11 bits per heavy atom. The molecular formula is C22H22BrNO3. The zero-order valence-corrected chi connectivity index (χ0v) is 16.7. The smallest absolute Gasteiger partial charge is 0.338 e. The summed E-state index contributed by atoms with van der Waals surface area (Å²) in [5, 5.41) is 14.0. The van der Waals surface area contributed by atoms with E-state index in [0.717, 1.165) is 34.1 Å². The van der Waals surface area contributed by atoms with Crippen molar-refractivity contribution >= 4 is 27.6 Å². The summed E-state index contributed by atoms with van der Waals surface area (Å²) >= 11 is 3.51. The van der Waals surface area contributed by atoms with Gasteiger partial charge in [-0.2, -0.15) is 0 Å². The van der Waals surface area contributed by atoms with Crippen molar-refractivity contribution in [1.29, 1.82) is 0 Å². The number of phenols is 1. The van der Waals surface area contributed by atoms with E-state index in [1.165, 1.54) is 0 Å². The summed E-state index contributed by atoms with van der Waals surface area (Å²) in [5.74, 6) is 0.526. The SMILES string of the molecule is CCCOC(=O)c1ccc2c(c1)C1C=CCC1C(c1cc(Br)ccc1O)N2. The van der Waals surface area contributed by atoms with Crippen LogP contribution < -0.4 is 5.32 Å². The van der Waals surface area contributed by atoms with Crippen LogP contribution in [0.15, 0.2) is 53.0 Å². The molecule has 0 bridgehead atoms. The van der Waals surface area contributed by atoms with E-state index < -0.39 is 0 Å². The molecule has 4 rings (SSSR count). The first-order valence-corrected chi connectivity index (χ1v) is 10.1. The van der Waals surface area contributed by atoms with Crippen molar-refractivity contribution in [1.82, 2.24) is 0 Å². The fourth-order valence-corrected chi connectivity index (χ4v) is 4.46. The van der Waals surface area contributed by atoms with Gasteiger partial charge < -0.3 is 15.2 Å². The molecule has 0 saturated heterocycles. The van der Waals surface area contributed by atoms with Crippen molar-refractivity contribution in [2.45, 2.75) is 31.7 Å². The van der Waals surface area contributed by atoms with Gasteiger partial charge in [-0.25, -0.2) is 4.79 Å². The lowest BCUT2D eigenvalue weighted by Crippen LogP contribution is -2.29. The Morgan fingerprint density at radius 3 is 2.93 bits per heavy atom. The van der Waals surface area contributed by atoms with E-state index in [0.29, 0.717) is 23.8 Å². The number of phenolic OH excluding ortho intramolecular Hbond substituents is 1. The van der Waals surface area contributed by atoms with Gasteiger partial charge >= 0.3 is 5.97 Å². The second-order valence-electron chi connectivity index (χ2n) is 7.12. The van der Waals surface area contributed by atoms with Gasteiger partial charge in [-0.3, -0.25) is 0 Å². The molecule has 2 aliphatic rings. The topological polar surface area (TPSA) is 58.6 Å². The van der Waals surface area contributed by atoms with Crippen molar-refractivity contribution in [2.24, 2.45) is 5.92 Å². The van der Waals surface area contributed by atoms with E-state index in [-0.39, 0.29) is 17.9 Å². The summed E-state index contributed by atoms with van der Waals surface area (Å²) in [6, 6.07) is 11.2. The predicted molar refractivity (Wildman–Crippen MR) is 109 cm³/mol. The first kappa shape index (κ1) is 18.1. The van der Waals surface area contributed by atoms with Gasteiger partial charge in [0.1, 0.15) is 5.75 Å². The number of esters is 1. The molecule has 3 atom stereocenters. The fourth-order valence-electron chi connectivity index (χ4n) is 4.08. The number of rotatable bonds is 4. The molecule has 2 aromatic carbocycles. The molecular weight excluding hydrogens is 406 g/mol. The van der Waals surface area contributed by atoms with Crippen LogP contribution in [0.25, 0.3) is 0 Å². The Labute approximate surface area is 167 Å². The van der Waals surface area contributed by atoms with Gasteiger partial charge in [-0.1, -0.05) is 35.0 Å². The van der Waals surface area contributed by atoms with Gasteiger partial charge in [0.25, 0.3) is 0 Å². The predicted octanol–water partition coefficient (Wildman–Crippen LogP) is 5.55. The number of anilines is 1. The molecule has 2 aromatic rings. The van der Waals surface area contributed by atoms with Gasteiger partial charge in [-0.05, 0) is 60.7 Å². The van der Waals surface area contributed by atoms with E-state index in [1.54, 1.807) is 12.1 Å². The van der Waals surface area contributed by atoms with Gasteiger partial charge in [-0.15, -0.1) is 0 Å². The molecule has 0 amide bonds. The molecule has 0 radical (unpaired) electrons. The van der Waals surface area contributed by atoms with Gasteiger partial charge in [0, 0.05) is 21.6 Å². The van der Waals surface area contributed by atoms with Crippen molar-refractivity contribution in [3.63, 3.8) is 0 Å². The minimum absolute atomic E-state index is 0.00731. The van der Waals surface area contributed by atoms with Crippen LogP contribution in [-0.4, -0.2) is 17.7 Å². The van der Waals surface area contributed by atoms with Crippen molar-refractivity contribution < 1.29 is 14.6 Å². The number of hydrogen-bond acceptors (Lipinski definition) is 4. The van der Waals surface area contributed by atoms with E-state index in [2.05, 4.69) is 33.4 Å². The summed E-state index contributed by atoms with van der Waals surface area (Å²) in [6.45, 7) is 2.42. The van der Waals surface area contributed by atoms with E-state index >= 15 is 0 Å². The molecule has 1 heterocycles. The van der Waals surface area contributed by atoms with E-state index in [1.807, 2.05) is 31.2 Å². The van der Waals surface area contributed by atoms with Crippen LogP contribution in [-0.2, 0) is 4.74 Å². The number of carbonyl (C=O) groups is 1. The molecule has 0 fully saturated rings. The molecule has 140 valence electrons. The van der Waals surface area contributed by atoms with Gasteiger partial charge in [0.2, 0.25) is 0 Å². The summed E-state index contributed by atoms with van der Waals surface area (Å²) in [7, 11) is 0. The Morgan fingerprint density at radius 1 is 1.26 bits per heavy atom. The third kappa shape index (κ3) is 3.36. The Balaban J connectivity index is 1.70. The molecule has 0 saturated carbocycles. The van der Waals surface area contributed by atoms with Crippen LogP contribution >= 0.6 is 15.9 Å². The summed E-state index contributed by atoms with van der Waals surface area (Å²) in [5.41, 5.74) is 3.59. The Hall–Kier alpha value is -2.27. The largest absolute Gasteiger partial charge is 0.508 e. The zero-order chi connectivity index (χ0) is 19.0. The van der Waals surface area contributed by atoms with Crippen LogP contribution in [0.1, 0.15) is 53.2 Å². The quantitative estimate of drug-likeness (QED) is 0.496. The summed E-state index contributed by atoms with van der Waals surface area (Å²) in [6.07, 6.45) is 6.14. The van der Waals surface area contributed by atoms with E-state index in [9.17, 15) is 9.90 Å². The summed E-state index contributed by atoms with van der Waals surface area (Å²) in [4.78, 5) is 12.3. The number of halogens is 1. The highest BCUT2D eigenvalue weighted by Gasteiger charge is 2.39. The van der Waals surface area contributed by atoms with E-state index in [4.69, 9.17) is 4.74 Å². The molecule has 1 aliphatic carbocycles. The number of carbonyl (C=O) groups excluding carboxylic acids is 1. The standard InChI is InChI=1S/C22H22BrNO3/c1-2-10-27-22(26)13-6-8-19-17(11-13)15-4-3-5-16(15)21(24-19)18-12-14(23)7-9-20(18)25/h3-4,6-9,11-12,15-16,21,24-25H,2,5,10H2,1H3. The fraction of sp³-hybridized carbons (Fsp3) is 0.318. The highest BCUT2D eigenvalue weighted by Crippen LogP contribution is 2.51. The third-order valence-electron chi connectivity index (χ3n) is 5.36. The number of fused-ring (bicyclic) bond motifs is 3. The molecule has 0 aromatic heterocycles. The van der Waals surface area contributed by atoms with Crippen LogP contribution in [0.2, 0.25) is 0 Å². The third-order valence-corrected chi connectivity index (χ3v) is 5.85. The Bertz CT molecular complexity index is 908. The number of ether oxygens (including phenoxy) is 1. The molecule has 2 N–H and O–H groups in total. The monoisotopic (exact) mass is 427 g/mol.